The summed E-state index contributed by atoms with van der Waals surface area (Å²) in [7, 11) is 0. The number of nitriles is 1. The third-order valence-electron chi connectivity index (χ3n) is 2.33. The van der Waals surface area contributed by atoms with Crippen LogP contribution in [-0.2, 0) is 4.74 Å². The highest BCUT2D eigenvalue weighted by Crippen LogP contribution is 2.24. The van der Waals surface area contributed by atoms with E-state index < -0.39 is 5.97 Å². The zero-order valence-corrected chi connectivity index (χ0v) is 12.1. The molecule has 1 aromatic heterocycles. The van der Waals surface area contributed by atoms with Crippen molar-refractivity contribution in [1.29, 1.82) is 5.26 Å². The van der Waals surface area contributed by atoms with Gasteiger partial charge in [-0.25, -0.2) is 4.79 Å². The average Bonchev–Trinajstić information content (AvgIpc) is 2.84. The highest BCUT2D eigenvalue weighted by Gasteiger charge is 2.18. The molecule has 0 radical (unpaired) electrons. The summed E-state index contributed by atoms with van der Waals surface area (Å²) < 4.78 is 9.90. The molecule has 0 saturated carbocycles. The molecule has 0 bridgehead atoms. The first-order chi connectivity index (χ1) is 8.98. The van der Waals surface area contributed by atoms with E-state index in [0.717, 1.165) is 18.6 Å². The fourth-order valence-corrected chi connectivity index (χ4v) is 1.97. The number of rotatable bonds is 7. The molecular formula is C12H17N3O3S. The number of carbonyl (C=O) groups excluding carboxylic acids is 1. The highest BCUT2D eigenvalue weighted by molar-refractivity contribution is 7.99. The van der Waals surface area contributed by atoms with E-state index in [1.54, 1.807) is 6.92 Å². The van der Waals surface area contributed by atoms with Crippen LogP contribution in [-0.4, -0.2) is 28.5 Å². The van der Waals surface area contributed by atoms with Gasteiger partial charge >= 0.3 is 11.9 Å². The van der Waals surface area contributed by atoms with Crippen molar-refractivity contribution < 1.29 is 13.9 Å². The van der Waals surface area contributed by atoms with E-state index in [0.29, 0.717) is 5.22 Å². The largest absolute Gasteiger partial charge is 0.459 e. The summed E-state index contributed by atoms with van der Waals surface area (Å²) in [6, 6.07) is 2.25. The quantitative estimate of drug-likeness (QED) is 0.431. The second-order valence-electron chi connectivity index (χ2n) is 4.54. The van der Waals surface area contributed by atoms with E-state index in [1.807, 2.05) is 13.8 Å². The fraction of sp³-hybridized carbons (Fsp3) is 0.667. The molecule has 0 fully saturated rings. The number of aromatic nitrogens is 2. The number of thioether (sulfide) groups is 1. The predicted molar refractivity (Wildman–Crippen MR) is 69.6 cm³/mol. The van der Waals surface area contributed by atoms with Gasteiger partial charge in [0, 0.05) is 5.75 Å². The number of hydrogen-bond acceptors (Lipinski definition) is 7. The number of ether oxygens (including phenoxy) is 1. The molecule has 0 aliphatic heterocycles. The zero-order valence-electron chi connectivity index (χ0n) is 11.3. The number of nitrogens with zero attached hydrogens (tertiary/aromatic N) is 3. The highest BCUT2D eigenvalue weighted by atomic mass is 32.2. The Bertz CT molecular complexity index is 465. The van der Waals surface area contributed by atoms with Crippen molar-refractivity contribution in [3.8, 4) is 6.07 Å². The average molecular weight is 283 g/mol. The number of esters is 1. The van der Waals surface area contributed by atoms with Gasteiger partial charge < -0.3 is 9.15 Å². The lowest BCUT2D eigenvalue weighted by Gasteiger charge is -2.13. The van der Waals surface area contributed by atoms with E-state index in [4.69, 9.17) is 14.4 Å². The maximum atomic E-state index is 11.3. The van der Waals surface area contributed by atoms with Crippen LogP contribution >= 0.6 is 11.8 Å². The Labute approximate surface area is 116 Å². The molecule has 6 nitrogen and oxygen atoms in total. The molecule has 0 atom stereocenters. The van der Waals surface area contributed by atoms with Gasteiger partial charge in [-0.3, -0.25) is 0 Å². The van der Waals surface area contributed by atoms with E-state index >= 15 is 0 Å². The van der Waals surface area contributed by atoms with E-state index in [9.17, 15) is 4.79 Å². The van der Waals surface area contributed by atoms with Crippen LogP contribution in [0.15, 0.2) is 9.64 Å². The monoisotopic (exact) mass is 283 g/mol. The molecule has 1 rings (SSSR count). The van der Waals surface area contributed by atoms with Crippen molar-refractivity contribution in [2.45, 2.75) is 38.8 Å². The molecule has 0 aliphatic rings. The van der Waals surface area contributed by atoms with Crippen LogP contribution in [0.5, 0.6) is 0 Å². The van der Waals surface area contributed by atoms with Gasteiger partial charge in [-0.2, -0.15) is 5.26 Å². The van der Waals surface area contributed by atoms with Gasteiger partial charge in [0.25, 0.3) is 5.22 Å². The summed E-state index contributed by atoms with van der Waals surface area (Å²) in [5.74, 6) is 0.0319. The summed E-state index contributed by atoms with van der Waals surface area (Å²) in [5.41, 5.74) is -0.314. The van der Waals surface area contributed by atoms with Crippen LogP contribution in [0.2, 0.25) is 0 Å². The van der Waals surface area contributed by atoms with Crippen molar-refractivity contribution >= 4 is 17.7 Å². The molecular weight excluding hydrogens is 266 g/mol. The Balaban J connectivity index is 2.35. The Morgan fingerprint density at radius 3 is 2.89 bits per heavy atom. The molecule has 0 aromatic carbocycles. The van der Waals surface area contributed by atoms with Crippen LogP contribution in [0.4, 0.5) is 0 Å². The van der Waals surface area contributed by atoms with Crippen LogP contribution < -0.4 is 0 Å². The van der Waals surface area contributed by atoms with E-state index in [2.05, 4.69) is 16.3 Å². The first-order valence-electron chi connectivity index (χ1n) is 6.03. The normalized spacial score (nSPS) is 11.1. The Hall–Kier alpha value is -1.55. The van der Waals surface area contributed by atoms with Crippen molar-refractivity contribution in [2.24, 2.45) is 5.41 Å². The Kier molecular flexibility index (Phi) is 5.83. The van der Waals surface area contributed by atoms with E-state index in [1.165, 1.54) is 11.8 Å². The minimum absolute atomic E-state index is 0.123. The molecule has 0 aliphatic carbocycles. The standard InChI is InChI=1S/C12H17N3O3S/c1-4-17-10(16)9-14-15-11(18-9)19-7-5-6-12(2,3)8-13/h4-7H2,1-3H3. The molecule has 0 amide bonds. The van der Waals surface area contributed by atoms with E-state index in [-0.39, 0.29) is 17.9 Å². The van der Waals surface area contributed by atoms with Gasteiger partial charge in [0.1, 0.15) is 0 Å². The smallest absolute Gasteiger partial charge is 0.396 e. The van der Waals surface area contributed by atoms with Gasteiger partial charge in [0.2, 0.25) is 0 Å². The predicted octanol–water partition coefficient (Wildman–Crippen LogP) is 2.67. The molecule has 104 valence electrons. The SMILES string of the molecule is CCOC(=O)c1nnc(SCCCC(C)(C)C#N)o1. The summed E-state index contributed by atoms with van der Waals surface area (Å²) in [4.78, 5) is 11.3. The fourth-order valence-electron chi connectivity index (χ4n) is 1.27. The maximum Gasteiger partial charge on any atom is 0.396 e. The van der Waals surface area contributed by atoms with Crippen molar-refractivity contribution in [2.75, 3.05) is 12.4 Å². The first kappa shape index (κ1) is 15.5. The van der Waals surface area contributed by atoms with Gasteiger partial charge in [0.15, 0.2) is 0 Å². The molecule has 0 spiro atoms. The molecule has 1 heterocycles. The zero-order chi connectivity index (χ0) is 14.3. The van der Waals surface area contributed by atoms with Crippen LogP contribution in [0.1, 0.15) is 44.3 Å². The van der Waals surface area contributed by atoms with Gasteiger partial charge in [0.05, 0.1) is 18.1 Å². The summed E-state index contributed by atoms with van der Waals surface area (Å²) in [6.45, 7) is 5.79. The molecule has 0 saturated heterocycles. The molecule has 19 heavy (non-hydrogen) atoms. The van der Waals surface area contributed by atoms with Crippen molar-refractivity contribution in [1.82, 2.24) is 10.2 Å². The van der Waals surface area contributed by atoms with Gasteiger partial charge in [-0.05, 0) is 33.6 Å². The Morgan fingerprint density at radius 1 is 1.53 bits per heavy atom. The number of carbonyl (C=O) groups is 1. The van der Waals surface area contributed by atoms with Crippen LogP contribution in [0.3, 0.4) is 0 Å². The number of hydrogen-bond donors (Lipinski definition) is 0. The third kappa shape index (κ3) is 5.30. The second kappa shape index (κ2) is 7.14. The summed E-state index contributed by atoms with van der Waals surface area (Å²) >= 11 is 1.37. The van der Waals surface area contributed by atoms with Crippen molar-refractivity contribution in [3.05, 3.63) is 5.89 Å². The lowest BCUT2D eigenvalue weighted by atomic mass is 9.90. The molecule has 0 N–H and O–H groups in total. The lowest BCUT2D eigenvalue weighted by molar-refractivity contribution is 0.0475. The van der Waals surface area contributed by atoms with Gasteiger partial charge in [-0.1, -0.05) is 16.9 Å². The third-order valence-corrected chi connectivity index (χ3v) is 3.24. The second-order valence-corrected chi connectivity index (χ2v) is 5.59. The first-order valence-corrected chi connectivity index (χ1v) is 7.02. The Morgan fingerprint density at radius 2 is 2.26 bits per heavy atom. The maximum absolute atomic E-state index is 11.3. The van der Waals surface area contributed by atoms with Crippen LogP contribution in [0.25, 0.3) is 0 Å². The van der Waals surface area contributed by atoms with Crippen LogP contribution in [0, 0.1) is 16.7 Å². The summed E-state index contributed by atoms with van der Waals surface area (Å²) in [6.07, 6.45) is 1.66. The molecule has 1 aromatic rings. The lowest BCUT2D eigenvalue weighted by Crippen LogP contribution is -2.07. The minimum atomic E-state index is -0.604. The molecule has 0 unspecified atom stereocenters. The van der Waals surface area contributed by atoms with Crippen molar-refractivity contribution in [3.63, 3.8) is 0 Å². The minimum Gasteiger partial charge on any atom is -0.459 e. The summed E-state index contributed by atoms with van der Waals surface area (Å²) in [5, 5.41) is 16.6. The molecule has 7 heteroatoms. The topological polar surface area (TPSA) is 89.0 Å². The van der Waals surface area contributed by atoms with Gasteiger partial charge in [-0.15, -0.1) is 5.10 Å².